The number of aliphatic hydroxyl groups is 1. The summed E-state index contributed by atoms with van der Waals surface area (Å²) >= 11 is 5.99. The lowest BCUT2D eigenvalue weighted by Crippen LogP contribution is -2.06. The topological polar surface area (TPSA) is 38.1 Å². The molecule has 2 aromatic carbocycles. The molecular weight excluding hydrogens is 279 g/mol. The molecule has 5 heteroatoms. The molecule has 0 spiro atoms. The molecule has 3 aromatic rings. The molecule has 20 heavy (non-hydrogen) atoms. The average molecular weight is 291 g/mol. The van der Waals surface area contributed by atoms with Crippen LogP contribution in [0.25, 0.3) is 11.0 Å². The first kappa shape index (κ1) is 13.1. The highest BCUT2D eigenvalue weighted by atomic mass is 35.5. The van der Waals surface area contributed by atoms with Gasteiger partial charge in [-0.05, 0) is 23.8 Å². The third-order valence-corrected chi connectivity index (χ3v) is 3.66. The van der Waals surface area contributed by atoms with Gasteiger partial charge in [-0.15, -0.1) is 0 Å². The first-order valence-electron chi connectivity index (χ1n) is 6.18. The van der Waals surface area contributed by atoms with E-state index in [1.54, 1.807) is 12.1 Å². The van der Waals surface area contributed by atoms with Crippen LogP contribution in [-0.4, -0.2) is 14.7 Å². The van der Waals surface area contributed by atoms with Crippen molar-refractivity contribution in [1.82, 2.24) is 9.55 Å². The minimum Gasteiger partial charge on any atom is -0.388 e. The maximum absolute atomic E-state index is 13.5. The highest BCUT2D eigenvalue weighted by molar-refractivity contribution is 6.31. The van der Waals surface area contributed by atoms with Crippen LogP contribution in [0, 0.1) is 5.82 Å². The van der Waals surface area contributed by atoms with Gasteiger partial charge in [0.05, 0.1) is 22.6 Å². The van der Waals surface area contributed by atoms with Crippen LogP contribution in [0.5, 0.6) is 0 Å². The van der Waals surface area contributed by atoms with E-state index >= 15 is 0 Å². The minimum absolute atomic E-state index is 0.106. The summed E-state index contributed by atoms with van der Waals surface area (Å²) in [7, 11) is 0. The zero-order chi connectivity index (χ0) is 14.1. The third kappa shape index (κ3) is 2.17. The van der Waals surface area contributed by atoms with E-state index in [0.29, 0.717) is 17.9 Å². The second-order valence-electron chi connectivity index (χ2n) is 4.47. The van der Waals surface area contributed by atoms with E-state index < -0.39 is 5.82 Å². The van der Waals surface area contributed by atoms with Gasteiger partial charge in [-0.2, -0.15) is 0 Å². The Morgan fingerprint density at radius 1 is 1.15 bits per heavy atom. The Hall–Kier alpha value is -1.91. The zero-order valence-corrected chi connectivity index (χ0v) is 11.3. The monoisotopic (exact) mass is 290 g/mol. The lowest BCUT2D eigenvalue weighted by molar-refractivity contribution is 0.267. The van der Waals surface area contributed by atoms with Crippen molar-refractivity contribution in [2.24, 2.45) is 0 Å². The highest BCUT2D eigenvalue weighted by Crippen LogP contribution is 2.23. The maximum atomic E-state index is 13.5. The SMILES string of the molecule is OCc1nc2ccccc2n1Cc1cccc(F)c1Cl. The van der Waals surface area contributed by atoms with E-state index in [1.165, 1.54) is 6.07 Å². The van der Waals surface area contributed by atoms with Crippen molar-refractivity contribution in [3.8, 4) is 0 Å². The summed E-state index contributed by atoms with van der Waals surface area (Å²) in [4.78, 5) is 4.36. The summed E-state index contributed by atoms with van der Waals surface area (Å²) in [6.45, 7) is 0.189. The van der Waals surface area contributed by atoms with Gasteiger partial charge in [-0.25, -0.2) is 9.37 Å². The van der Waals surface area contributed by atoms with Crippen LogP contribution in [0.15, 0.2) is 42.5 Å². The molecule has 0 aliphatic carbocycles. The summed E-state index contributed by atoms with van der Waals surface area (Å²) < 4.78 is 15.3. The Morgan fingerprint density at radius 3 is 2.75 bits per heavy atom. The molecule has 0 fully saturated rings. The van der Waals surface area contributed by atoms with Gasteiger partial charge < -0.3 is 9.67 Å². The van der Waals surface area contributed by atoms with Crippen molar-refractivity contribution in [1.29, 1.82) is 0 Å². The maximum Gasteiger partial charge on any atom is 0.142 e. The van der Waals surface area contributed by atoms with Gasteiger partial charge in [0, 0.05) is 0 Å². The summed E-state index contributed by atoms with van der Waals surface area (Å²) in [5.41, 5.74) is 2.34. The summed E-state index contributed by atoms with van der Waals surface area (Å²) in [5, 5.41) is 9.54. The fourth-order valence-corrected chi connectivity index (χ4v) is 2.45. The van der Waals surface area contributed by atoms with Gasteiger partial charge in [0.1, 0.15) is 18.2 Å². The van der Waals surface area contributed by atoms with Crippen LogP contribution < -0.4 is 0 Å². The summed E-state index contributed by atoms with van der Waals surface area (Å²) in [6.07, 6.45) is 0. The molecule has 1 heterocycles. The van der Waals surface area contributed by atoms with E-state index in [0.717, 1.165) is 11.0 Å². The van der Waals surface area contributed by atoms with E-state index in [1.807, 2.05) is 28.8 Å². The predicted molar refractivity (Wildman–Crippen MR) is 76.2 cm³/mol. The third-order valence-electron chi connectivity index (χ3n) is 3.24. The molecule has 1 N–H and O–H groups in total. The Bertz CT molecular complexity index is 770. The predicted octanol–water partition coefficient (Wildman–Crippen LogP) is 3.37. The molecule has 1 aromatic heterocycles. The number of nitrogens with zero attached hydrogens (tertiary/aromatic N) is 2. The van der Waals surface area contributed by atoms with Crippen molar-refractivity contribution >= 4 is 22.6 Å². The fourth-order valence-electron chi connectivity index (χ4n) is 2.26. The average Bonchev–Trinajstić information content (AvgIpc) is 2.82. The van der Waals surface area contributed by atoms with Gasteiger partial charge >= 0.3 is 0 Å². The molecular formula is C15H12ClFN2O. The molecule has 102 valence electrons. The summed E-state index contributed by atoms with van der Waals surface area (Å²) in [6, 6.07) is 12.3. The van der Waals surface area contributed by atoms with Crippen molar-refractivity contribution in [2.45, 2.75) is 13.2 Å². The Labute approximate surface area is 120 Å². The molecule has 0 saturated heterocycles. The zero-order valence-electron chi connectivity index (χ0n) is 10.6. The number of fused-ring (bicyclic) bond motifs is 1. The highest BCUT2D eigenvalue weighted by Gasteiger charge is 2.12. The molecule has 0 bridgehead atoms. The van der Waals surface area contributed by atoms with Crippen molar-refractivity contribution < 1.29 is 9.50 Å². The minimum atomic E-state index is -0.445. The number of halogens is 2. The number of aliphatic hydroxyl groups excluding tert-OH is 1. The van der Waals surface area contributed by atoms with Gasteiger partial charge in [0.25, 0.3) is 0 Å². The van der Waals surface area contributed by atoms with Gasteiger partial charge in [-0.1, -0.05) is 35.9 Å². The van der Waals surface area contributed by atoms with Crippen molar-refractivity contribution in [3.63, 3.8) is 0 Å². The molecule has 3 nitrogen and oxygen atoms in total. The first-order chi connectivity index (χ1) is 9.70. The van der Waals surface area contributed by atoms with Crippen molar-refractivity contribution in [3.05, 3.63) is 64.7 Å². The molecule has 0 atom stereocenters. The van der Waals surface area contributed by atoms with E-state index in [-0.39, 0.29) is 11.6 Å². The molecule has 0 amide bonds. The smallest absolute Gasteiger partial charge is 0.142 e. The number of rotatable bonds is 3. The van der Waals surface area contributed by atoms with Crippen LogP contribution in [0.1, 0.15) is 11.4 Å². The molecule has 0 radical (unpaired) electrons. The largest absolute Gasteiger partial charge is 0.388 e. The van der Waals surface area contributed by atoms with E-state index in [9.17, 15) is 9.50 Å². The standard InChI is InChI=1S/C15H12ClFN2O/c16-15-10(4-3-5-11(15)17)8-19-13-7-2-1-6-12(13)18-14(19)9-20/h1-7,20H,8-9H2. The second-order valence-corrected chi connectivity index (χ2v) is 4.85. The van der Waals surface area contributed by atoms with Crippen LogP contribution in [0.4, 0.5) is 4.39 Å². The summed E-state index contributed by atoms with van der Waals surface area (Å²) in [5.74, 6) is 0.0886. The lowest BCUT2D eigenvalue weighted by atomic mass is 10.2. The van der Waals surface area contributed by atoms with E-state index in [4.69, 9.17) is 11.6 Å². The number of aromatic nitrogens is 2. The second kappa shape index (κ2) is 5.23. The number of benzene rings is 2. The van der Waals surface area contributed by atoms with Gasteiger partial charge in [-0.3, -0.25) is 0 Å². The van der Waals surface area contributed by atoms with Crippen LogP contribution in [0.3, 0.4) is 0 Å². The van der Waals surface area contributed by atoms with Crippen LogP contribution in [-0.2, 0) is 13.2 Å². The number of imidazole rings is 1. The normalized spacial score (nSPS) is 11.2. The molecule has 0 aliphatic heterocycles. The van der Waals surface area contributed by atoms with Crippen LogP contribution >= 0.6 is 11.6 Å². The first-order valence-corrected chi connectivity index (χ1v) is 6.56. The Balaban J connectivity index is 2.12. The van der Waals surface area contributed by atoms with Gasteiger partial charge in [0.2, 0.25) is 0 Å². The number of hydrogen-bond acceptors (Lipinski definition) is 2. The lowest BCUT2D eigenvalue weighted by Gasteiger charge is -2.10. The van der Waals surface area contributed by atoms with Gasteiger partial charge in [0.15, 0.2) is 0 Å². The molecule has 0 saturated carbocycles. The number of hydrogen-bond donors (Lipinski definition) is 1. The molecule has 0 unspecified atom stereocenters. The Morgan fingerprint density at radius 2 is 1.95 bits per heavy atom. The Kier molecular flexibility index (Phi) is 3.42. The molecule has 0 aliphatic rings. The fraction of sp³-hybridized carbons (Fsp3) is 0.133. The quantitative estimate of drug-likeness (QED) is 0.803. The number of para-hydroxylation sites is 2. The van der Waals surface area contributed by atoms with Crippen molar-refractivity contribution in [2.75, 3.05) is 0 Å². The molecule has 3 rings (SSSR count). The van der Waals surface area contributed by atoms with Crippen LogP contribution in [0.2, 0.25) is 5.02 Å². The van der Waals surface area contributed by atoms with E-state index in [2.05, 4.69) is 4.98 Å².